The van der Waals surface area contributed by atoms with Crippen LogP contribution in [0.4, 0.5) is 10.1 Å². The molecule has 1 aromatic rings. The second-order valence-electron chi connectivity index (χ2n) is 7.71. The predicted octanol–water partition coefficient (Wildman–Crippen LogP) is 1.94. The van der Waals surface area contributed by atoms with Crippen molar-refractivity contribution < 1.29 is 13.9 Å². The number of hydrogen-bond donors (Lipinski definition) is 1. The number of nitrogens with zero attached hydrogens (tertiary/aromatic N) is 4. The topological polar surface area (TPSA) is 60.4 Å². The molecular formula is C22H34FN5O2. The number of carbonyl (C=O) groups is 1. The molecular weight excluding hydrogens is 385 g/mol. The molecule has 0 saturated carbocycles. The number of hydrogen-bond acceptors (Lipinski definition) is 4. The van der Waals surface area contributed by atoms with Crippen LogP contribution in [0, 0.1) is 5.82 Å². The molecule has 0 bridgehead atoms. The smallest absolute Gasteiger partial charge is 0.224 e. The lowest BCUT2D eigenvalue weighted by molar-refractivity contribution is -0.131. The van der Waals surface area contributed by atoms with E-state index in [1.807, 2.05) is 11.8 Å². The van der Waals surface area contributed by atoms with E-state index in [2.05, 4.69) is 20.1 Å². The largest absolute Gasteiger partial charge is 0.378 e. The Balaban J connectivity index is 1.37. The molecule has 2 aliphatic heterocycles. The first-order chi connectivity index (χ1) is 14.6. The van der Waals surface area contributed by atoms with Gasteiger partial charge in [-0.15, -0.1) is 0 Å². The molecule has 2 fully saturated rings. The van der Waals surface area contributed by atoms with E-state index in [1.165, 1.54) is 12.1 Å². The second kappa shape index (κ2) is 11.2. The van der Waals surface area contributed by atoms with Crippen molar-refractivity contribution in [1.29, 1.82) is 0 Å². The summed E-state index contributed by atoms with van der Waals surface area (Å²) in [6, 6.07) is 6.54. The van der Waals surface area contributed by atoms with Gasteiger partial charge in [-0.2, -0.15) is 0 Å². The fourth-order valence-corrected chi connectivity index (χ4v) is 4.11. The fraction of sp³-hybridized carbons (Fsp3) is 0.636. The van der Waals surface area contributed by atoms with E-state index in [1.54, 1.807) is 19.2 Å². The number of rotatable bonds is 6. The van der Waals surface area contributed by atoms with Crippen molar-refractivity contribution in [3.8, 4) is 0 Å². The molecule has 3 rings (SSSR count). The summed E-state index contributed by atoms with van der Waals surface area (Å²) in [6.45, 7) is 8.13. The number of halogens is 1. The number of piperidine rings is 1. The normalized spacial score (nSPS) is 18.6. The molecule has 1 N–H and O–H groups in total. The second-order valence-corrected chi connectivity index (χ2v) is 7.71. The number of piperazine rings is 1. The summed E-state index contributed by atoms with van der Waals surface area (Å²) in [4.78, 5) is 23.3. The maximum absolute atomic E-state index is 13.1. The minimum Gasteiger partial charge on any atom is -0.378 e. The highest BCUT2D eigenvalue weighted by Crippen LogP contribution is 2.17. The number of likely N-dealkylation sites (tertiary alicyclic amines) is 1. The molecule has 0 atom stereocenters. The van der Waals surface area contributed by atoms with Crippen LogP contribution >= 0.6 is 0 Å². The molecule has 1 aromatic carbocycles. The zero-order valence-electron chi connectivity index (χ0n) is 18.1. The van der Waals surface area contributed by atoms with Crippen molar-refractivity contribution in [3.63, 3.8) is 0 Å². The number of nitrogens with one attached hydrogen (secondary N) is 1. The van der Waals surface area contributed by atoms with Crippen LogP contribution in [0.5, 0.6) is 0 Å². The number of benzene rings is 1. The lowest BCUT2D eigenvalue weighted by atomic mass is 10.1. The number of carbonyl (C=O) groups excluding carboxylic acids is 1. The Hall–Kier alpha value is -2.35. The Kier molecular flexibility index (Phi) is 8.30. The van der Waals surface area contributed by atoms with Gasteiger partial charge < -0.3 is 24.8 Å². The molecule has 1 amide bonds. The van der Waals surface area contributed by atoms with E-state index in [4.69, 9.17) is 4.74 Å². The first kappa shape index (κ1) is 22.3. The summed E-state index contributed by atoms with van der Waals surface area (Å²) in [5.41, 5.74) is 1.00. The maximum atomic E-state index is 13.1. The monoisotopic (exact) mass is 419 g/mol. The van der Waals surface area contributed by atoms with Crippen molar-refractivity contribution >= 4 is 17.6 Å². The van der Waals surface area contributed by atoms with Crippen LogP contribution in [0.2, 0.25) is 0 Å². The van der Waals surface area contributed by atoms with E-state index < -0.39 is 0 Å². The third kappa shape index (κ3) is 6.08. The molecule has 2 aliphatic rings. The lowest BCUT2D eigenvalue weighted by Crippen LogP contribution is -2.50. The van der Waals surface area contributed by atoms with Gasteiger partial charge >= 0.3 is 0 Å². The van der Waals surface area contributed by atoms with Gasteiger partial charge in [-0.1, -0.05) is 0 Å². The highest BCUT2D eigenvalue weighted by atomic mass is 19.1. The molecule has 8 heteroatoms. The summed E-state index contributed by atoms with van der Waals surface area (Å²) >= 11 is 0. The van der Waals surface area contributed by atoms with Gasteiger partial charge in [0.15, 0.2) is 5.96 Å². The summed E-state index contributed by atoms with van der Waals surface area (Å²) in [7, 11) is 1.79. The van der Waals surface area contributed by atoms with E-state index in [9.17, 15) is 9.18 Å². The number of anilines is 1. The van der Waals surface area contributed by atoms with Gasteiger partial charge in [0.1, 0.15) is 5.82 Å². The first-order valence-corrected chi connectivity index (χ1v) is 11.0. The third-order valence-corrected chi connectivity index (χ3v) is 5.80. The SMILES string of the molecule is CCOC1CCN(C(=NC)NCCC(=O)N2CCN(c3ccc(F)cc3)CC2)CC1. The summed E-state index contributed by atoms with van der Waals surface area (Å²) in [6.07, 6.45) is 2.81. The first-order valence-electron chi connectivity index (χ1n) is 11.0. The van der Waals surface area contributed by atoms with E-state index in [0.717, 1.165) is 57.3 Å². The van der Waals surface area contributed by atoms with Crippen LogP contribution < -0.4 is 10.2 Å². The van der Waals surface area contributed by atoms with Gasteiger partial charge in [-0.3, -0.25) is 9.79 Å². The zero-order valence-corrected chi connectivity index (χ0v) is 18.1. The van der Waals surface area contributed by atoms with Crippen LogP contribution in [-0.4, -0.2) is 87.2 Å². The Morgan fingerprint density at radius 1 is 1.10 bits per heavy atom. The molecule has 2 saturated heterocycles. The Bertz CT molecular complexity index is 696. The van der Waals surface area contributed by atoms with Gasteiger partial charge in [0.2, 0.25) is 5.91 Å². The number of amides is 1. The predicted molar refractivity (Wildman–Crippen MR) is 117 cm³/mol. The Labute approximate surface area is 178 Å². The number of aliphatic imine (C=N–C) groups is 1. The third-order valence-electron chi connectivity index (χ3n) is 5.80. The highest BCUT2D eigenvalue weighted by molar-refractivity contribution is 5.81. The summed E-state index contributed by atoms with van der Waals surface area (Å²) in [5.74, 6) is 0.791. The van der Waals surface area contributed by atoms with Crippen LogP contribution in [0.15, 0.2) is 29.3 Å². The van der Waals surface area contributed by atoms with E-state index in [-0.39, 0.29) is 11.7 Å². The number of ether oxygens (including phenoxy) is 1. The summed E-state index contributed by atoms with van der Waals surface area (Å²) < 4.78 is 18.8. The van der Waals surface area contributed by atoms with Gasteiger partial charge in [0.05, 0.1) is 6.10 Å². The Morgan fingerprint density at radius 2 is 1.77 bits per heavy atom. The molecule has 0 unspecified atom stereocenters. The highest BCUT2D eigenvalue weighted by Gasteiger charge is 2.23. The van der Waals surface area contributed by atoms with Gasteiger partial charge in [-0.05, 0) is 44.0 Å². The number of guanidine groups is 1. The standard InChI is InChI=1S/C22H34FN5O2/c1-3-30-20-9-12-28(13-10-20)22(24-2)25-11-8-21(29)27-16-14-26(15-17-27)19-6-4-18(23)5-7-19/h4-7,20H,3,8-17H2,1-2H3,(H,24,25). The van der Waals surface area contributed by atoms with E-state index in [0.29, 0.717) is 32.2 Å². The van der Waals surface area contributed by atoms with E-state index >= 15 is 0 Å². The molecule has 0 spiro atoms. The fourth-order valence-electron chi connectivity index (χ4n) is 4.11. The van der Waals surface area contributed by atoms with Crippen molar-refractivity contribution in [2.45, 2.75) is 32.3 Å². The zero-order chi connectivity index (χ0) is 21.3. The molecule has 2 heterocycles. The minimum absolute atomic E-state index is 0.159. The average molecular weight is 420 g/mol. The van der Waals surface area contributed by atoms with Crippen molar-refractivity contribution in [3.05, 3.63) is 30.1 Å². The van der Waals surface area contributed by atoms with Gasteiger partial charge in [-0.25, -0.2) is 4.39 Å². The quantitative estimate of drug-likeness (QED) is 0.564. The van der Waals surface area contributed by atoms with Crippen molar-refractivity contribution in [2.75, 3.05) is 64.4 Å². The van der Waals surface area contributed by atoms with Crippen LogP contribution in [-0.2, 0) is 9.53 Å². The molecule has 0 radical (unpaired) electrons. The molecule has 7 nitrogen and oxygen atoms in total. The Morgan fingerprint density at radius 3 is 2.37 bits per heavy atom. The molecule has 0 aliphatic carbocycles. The summed E-state index contributed by atoms with van der Waals surface area (Å²) in [5, 5.41) is 3.34. The maximum Gasteiger partial charge on any atom is 0.224 e. The van der Waals surface area contributed by atoms with Crippen molar-refractivity contribution in [2.24, 2.45) is 4.99 Å². The van der Waals surface area contributed by atoms with Gasteiger partial charge in [0, 0.05) is 71.6 Å². The van der Waals surface area contributed by atoms with Crippen molar-refractivity contribution in [1.82, 2.24) is 15.1 Å². The lowest BCUT2D eigenvalue weighted by Gasteiger charge is -2.36. The molecule has 30 heavy (non-hydrogen) atoms. The van der Waals surface area contributed by atoms with Crippen LogP contribution in [0.1, 0.15) is 26.2 Å². The molecule has 166 valence electrons. The minimum atomic E-state index is -0.228. The van der Waals surface area contributed by atoms with Gasteiger partial charge in [0.25, 0.3) is 0 Å². The average Bonchev–Trinajstić information content (AvgIpc) is 2.78. The van der Waals surface area contributed by atoms with Crippen LogP contribution in [0.3, 0.4) is 0 Å². The molecule has 0 aromatic heterocycles. The van der Waals surface area contributed by atoms with Crippen LogP contribution in [0.25, 0.3) is 0 Å².